The molecular weight excluding hydrogens is 234 g/mol. The second-order valence-corrected chi connectivity index (χ2v) is 4.42. The van der Waals surface area contributed by atoms with Gasteiger partial charge in [-0.3, -0.25) is 13.9 Å². The topological polar surface area (TPSA) is 85.3 Å². The third-order valence-electron chi connectivity index (χ3n) is 2.65. The van der Waals surface area contributed by atoms with Gasteiger partial charge in [0.2, 0.25) is 0 Å². The van der Waals surface area contributed by atoms with Gasteiger partial charge in [0.1, 0.15) is 5.82 Å². The Kier molecular flexibility index (Phi) is 4.55. The van der Waals surface area contributed by atoms with E-state index in [1.165, 1.54) is 11.6 Å². The summed E-state index contributed by atoms with van der Waals surface area (Å²) in [5.74, 6) is 0.185. The van der Waals surface area contributed by atoms with Crippen LogP contribution in [0.1, 0.15) is 19.8 Å². The summed E-state index contributed by atoms with van der Waals surface area (Å²) < 4.78 is 2.49. The molecule has 1 aromatic heterocycles. The number of nitrogens with zero attached hydrogens (tertiary/aromatic N) is 3. The number of hydrogen-bond acceptors (Lipinski definition) is 5. The Labute approximate surface area is 106 Å². The normalized spacial score (nSPS) is 10.9. The number of unbranched alkanes of at least 4 members (excludes halogenated alkanes) is 1. The summed E-state index contributed by atoms with van der Waals surface area (Å²) in [4.78, 5) is 23.9. The Morgan fingerprint density at radius 2 is 1.94 bits per heavy atom. The van der Waals surface area contributed by atoms with Crippen LogP contribution in [0.2, 0.25) is 0 Å². The lowest BCUT2D eigenvalue weighted by atomic mass is 10.3. The molecule has 0 radical (unpaired) electrons. The van der Waals surface area contributed by atoms with Gasteiger partial charge < -0.3 is 11.2 Å². The molecule has 1 rings (SSSR count). The first-order chi connectivity index (χ1) is 8.40. The van der Waals surface area contributed by atoms with E-state index >= 15 is 0 Å². The first-order valence-electron chi connectivity index (χ1n) is 5.93. The van der Waals surface area contributed by atoms with E-state index in [9.17, 15) is 9.59 Å². The largest absolute Gasteiger partial charge is 0.383 e. The maximum absolute atomic E-state index is 12.0. The SMILES string of the molecule is CCCCn1c(N)c(NN(C)C)c(=O)n(C)c1=O. The van der Waals surface area contributed by atoms with Gasteiger partial charge >= 0.3 is 5.69 Å². The summed E-state index contributed by atoms with van der Waals surface area (Å²) >= 11 is 0. The lowest BCUT2D eigenvalue weighted by Gasteiger charge is -2.18. The Hall–Kier alpha value is -1.76. The average molecular weight is 255 g/mol. The van der Waals surface area contributed by atoms with Crippen molar-refractivity contribution in [2.24, 2.45) is 7.05 Å². The number of rotatable bonds is 5. The molecule has 0 spiro atoms. The molecule has 0 atom stereocenters. The minimum Gasteiger partial charge on any atom is -0.383 e. The Morgan fingerprint density at radius 1 is 1.33 bits per heavy atom. The molecule has 1 aromatic rings. The van der Waals surface area contributed by atoms with Crippen LogP contribution < -0.4 is 22.4 Å². The molecular formula is C11H21N5O2. The smallest absolute Gasteiger partial charge is 0.332 e. The fourth-order valence-electron chi connectivity index (χ4n) is 1.64. The molecule has 18 heavy (non-hydrogen) atoms. The molecule has 0 aliphatic carbocycles. The van der Waals surface area contributed by atoms with E-state index in [0.29, 0.717) is 6.54 Å². The van der Waals surface area contributed by atoms with Gasteiger partial charge in [0, 0.05) is 27.7 Å². The summed E-state index contributed by atoms with van der Waals surface area (Å²) in [6.45, 7) is 2.54. The molecule has 0 bridgehead atoms. The Morgan fingerprint density at radius 3 is 2.44 bits per heavy atom. The number of nitrogens with two attached hydrogens (primary N) is 1. The molecule has 0 saturated carbocycles. The number of nitrogens with one attached hydrogen (secondary N) is 1. The molecule has 0 aliphatic heterocycles. The molecule has 0 aromatic carbocycles. The molecule has 0 aliphatic rings. The second-order valence-electron chi connectivity index (χ2n) is 4.42. The van der Waals surface area contributed by atoms with Gasteiger partial charge in [-0.2, -0.15) is 0 Å². The lowest BCUT2D eigenvalue weighted by molar-refractivity contribution is 0.489. The first kappa shape index (κ1) is 14.3. The zero-order chi connectivity index (χ0) is 13.9. The van der Waals surface area contributed by atoms with E-state index in [-0.39, 0.29) is 17.2 Å². The molecule has 1 heterocycles. The molecule has 0 saturated heterocycles. The predicted molar refractivity (Wildman–Crippen MR) is 72.6 cm³/mol. The molecule has 102 valence electrons. The van der Waals surface area contributed by atoms with Gasteiger partial charge in [-0.15, -0.1) is 0 Å². The number of hydrogen-bond donors (Lipinski definition) is 2. The van der Waals surface area contributed by atoms with Crippen molar-refractivity contribution < 1.29 is 0 Å². The van der Waals surface area contributed by atoms with Gasteiger partial charge in [-0.1, -0.05) is 13.3 Å². The molecule has 7 heteroatoms. The van der Waals surface area contributed by atoms with Crippen LogP contribution in [0.3, 0.4) is 0 Å². The van der Waals surface area contributed by atoms with Gasteiger partial charge in [0.15, 0.2) is 5.69 Å². The van der Waals surface area contributed by atoms with Crippen LogP contribution in [0.5, 0.6) is 0 Å². The van der Waals surface area contributed by atoms with Crippen molar-refractivity contribution in [1.29, 1.82) is 0 Å². The van der Waals surface area contributed by atoms with E-state index in [2.05, 4.69) is 5.43 Å². The van der Waals surface area contributed by atoms with Crippen molar-refractivity contribution in [3.05, 3.63) is 20.8 Å². The summed E-state index contributed by atoms with van der Waals surface area (Å²) in [7, 11) is 4.95. The fourth-order valence-corrected chi connectivity index (χ4v) is 1.64. The van der Waals surface area contributed by atoms with Gasteiger partial charge in [0.05, 0.1) is 0 Å². The molecule has 0 unspecified atom stereocenters. The second kappa shape index (κ2) is 5.72. The number of anilines is 2. The van der Waals surface area contributed by atoms with Crippen LogP contribution >= 0.6 is 0 Å². The van der Waals surface area contributed by atoms with Crippen LogP contribution in [-0.4, -0.2) is 28.2 Å². The lowest BCUT2D eigenvalue weighted by Crippen LogP contribution is -2.42. The molecule has 0 fully saturated rings. The summed E-state index contributed by atoms with van der Waals surface area (Å²) in [5.41, 5.74) is 8.18. The Balaban J connectivity index is 3.40. The third-order valence-corrected chi connectivity index (χ3v) is 2.65. The van der Waals surface area contributed by atoms with Crippen molar-refractivity contribution >= 4 is 11.5 Å². The summed E-state index contributed by atoms with van der Waals surface area (Å²) in [6.07, 6.45) is 1.79. The van der Waals surface area contributed by atoms with E-state index in [1.807, 2.05) is 6.92 Å². The van der Waals surface area contributed by atoms with Crippen molar-refractivity contribution in [2.45, 2.75) is 26.3 Å². The fraction of sp³-hybridized carbons (Fsp3) is 0.636. The highest BCUT2D eigenvalue weighted by Gasteiger charge is 2.15. The monoisotopic (exact) mass is 255 g/mol. The zero-order valence-electron chi connectivity index (χ0n) is 11.4. The summed E-state index contributed by atoms with van der Waals surface area (Å²) in [6, 6.07) is 0. The van der Waals surface area contributed by atoms with Crippen molar-refractivity contribution in [3.63, 3.8) is 0 Å². The Bertz CT molecular complexity index is 529. The van der Waals surface area contributed by atoms with Crippen molar-refractivity contribution in [1.82, 2.24) is 14.1 Å². The molecule has 0 amide bonds. The van der Waals surface area contributed by atoms with E-state index in [0.717, 1.165) is 17.4 Å². The molecule has 3 N–H and O–H groups in total. The van der Waals surface area contributed by atoms with Crippen LogP contribution in [-0.2, 0) is 13.6 Å². The van der Waals surface area contributed by atoms with Crippen LogP contribution in [0.4, 0.5) is 11.5 Å². The number of hydrazine groups is 1. The number of nitrogen functional groups attached to an aromatic ring is 1. The van der Waals surface area contributed by atoms with E-state index < -0.39 is 5.56 Å². The molecule has 7 nitrogen and oxygen atoms in total. The van der Waals surface area contributed by atoms with Crippen LogP contribution in [0.15, 0.2) is 9.59 Å². The van der Waals surface area contributed by atoms with Gasteiger partial charge in [-0.25, -0.2) is 9.80 Å². The highest BCUT2D eigenvalue weighted by Crippen LogP contribution is 2.11. The van der Waals surface area contributed by atoms with Gasteiger partial charge in [0.25, 0.3) is 5.56 Å². The van der Waals surface area contributed by atoms with E-state index in [1.54, 1.807) is 19.1 Å². The minimum absolute atomic E-state index is 0.185. The summed E-state index contributed by atoms with van der Waals surface area (Å²) in [5, 5.41) is 1.61. The van der Waals surface area contributed by atoms with E-state index in [4.69, 9.17) is 5.73 Å². The zero-order valence-corrected chi connectivity index (χ0v) is 11.4. The third kappa shape index (κ3) is 2.73. The van der Waals surface area contributed by atoms with Gasteiger partial charge in [-0.05, 0) is 6.42 Å². The van der Waals surface area contributed by atoms with Crippen LogP contribution in [0.25, 0.3) is 0 Å². The predicted octanol–water partition coefficient (Wildman–Crippen LogP) is -0.182. The highest BCUT2D eigenvalue weighted by molar-refractivity contribution is 5.59. The minimum atomic E-state index is -0.418. The maximum atomic E-state index is 12.0. The highest BCUT2D eigenvalue weighted by atomic mass is 16.2. The van der Waals surface area contributed by atoms with Crippen molar-refractivity contribution in [2.75, 3.05) is 25.3 Å². The van der Waals surface area contributed by atoms with Crippen LogP contribution in [0, 0.1) is 0 Å². The average Bonchev–Trinajstić information content (AvgIpc) is 2.32. The number of aromatic nitrogens is 2. The van der Waals surface area contributed by atoms with Crippen molar-refractivity contribution in [3.8, 4) is 0 Å². The maximum Gasteiger partial charge on any atom is 0.332 e. The quantitative estimate of drug-likeness (QED) is 0.713. The standard InChI is InChI=1S/C11H21N5O2/c1-5-6-7-16-9(12)8(13-14(2)3)10(17)15(4)11(16)18/h13H,5-7,12H2,1-4H3. The first-order valence-corrected chi connectivity index (χ1v) is 5.93.